The molecular weight excluding hydrogens is 475 g/mol. The molecule has 2 aromatic carbocycles. The largest absolute Gasteiger partial charge is 0.383 e. The number of methoxy groups -OCH3 is 1. The topological polar surface area (TPSA) is 71.0 Å². The van der Waals surface area contributed by atoms with Gasteiger partial charge in [-0.3, -0.25) is 14.5 Å². The van der Waals surface area contributed by atoms with Gasteiger partial charge >= 0.3 is 0 Å². The maximum Gasteiger partial charge on any atom is 0.288 e. The summed E-state index contributed by atoms with van der Waals surface area (Å²) in [5.74, 6) is -3.60. The number of anilines is 1. The number of carbonyl (C=O) groups excluding carboxylic acids is 2. The molecule has 1 N–H and O–H groups in total. The van der Waals surface area contributed by atoms with Crippen LogP contribution in [-0.2, 0) is 14.3 Å². The van der Waals surface area contributed by atoms with Gasteiger partial charge in [0.2, 0.25) is 11.8 Å². The van der Waals surface area contributed by atoms with E-state index in [0.717, 1.165) is 11.8 Å². The molecule has 1 fully saturated rings. The zero-order chi connectivity index (χ0) is 24.0. The number of ether oxygens (including phenoxy) is 1. The molecule has 1 saturated heterocycles. The molecule has 11 heteroatoms. The number of nitrogens with zero attached hydrogens (tertiary/aromatic N) is 2. The van der Waals surface area contributed by atoms with Crippen LogP contribution in [0.5, 0.6) is 0 Å². The van der Waals surface area contributed by atoms with Crippen LogP contribution in [0.3, 0.4) is 0 Å². The van der Waals surface area contributed by atoms with E-state index >= 15 is 0 Å². The molecular formula is C22H22F3N3O3S2. The van der Waals surface area contributed by atoms with Gasteiger partial charge in [-0.25, -0.2) is 9.38 Å². The molecule has 176 valence electrons. The smallest absolute Gasteiger partial charge is 0.288 e. The second-order valence-corrected chi connectivity index (χ2v) is 9.38. The highest BCUT2D eigenvalue weighted by Gasteiger charge is 2.41. The lowest BCUT2D eigenvalue weighted by atomic mass is 10.2. The van der Waals surface area contributed by atoms with Crippen LogP contribution in [0.25, 0.3) is 0 Å². The Bertz CT molecular complexity index is 1000. The lowest BCUT2D eigenvalue weighted by molar-refractivity contribution is -0.130. The van der Waals surface area contributed by atoms with Gasteiger partial charge in [0, 0.05) is 24.1 Å². The van der Waals surface area contributed by atoms with Gasteiger partial charge in [0.05, 0.1) is 18.3 Å². The van der Waals surface area contributed by atoms with Crippen LogP contribution in [0, 0.1) is 5.82 Å². The fourth-order valence-electron chi connectivity index (χ4n) is 3.14. The standard InChI is InChI=1S/C22H22F3N3O3S2/c1-13(12-31-2)28-20(30)18(11-19(29)26-15-5-3-14(23)4-6-15)33-22(28)27-16-7-9-17(10-8-16)32-21(24)25/h3-10,13,18,21H,11-12H2,1-2H3,(H,26,29)/t13-,18-/m1/s1. The summed E-state index contributed by atoms with van der Waals surface area (Å²) in [6.45, 7) is 2.07. The van der Waals surface area contributed by atoms with Crippen molar-refractivity contribution < 1.29 is 27.5 Å². The molecule has 0 radical (unpaired) electrons. The lowest BCUT2D eigenvalue weighted by Gasteiger charge is -2.23. The summed E-state index contributed by atoms with van der Waals surface area (Å²) in [5, 5.41) is 2.36. The molecule has 2 amide bonds. The van der Waals surface area contributed by atoms with E-state index in [-0.39, 0.29) is 30.9 Å². The van der Waals surface area contributed by atoms with Crippen molar-refractivity contribution in [1.29, 1.82) is 0 Å². The third kappa shape index (κ3) is 6.99. The van der Waals surface area contributed by atoms with Gasteiger partial charge in [-0.05, 0) is 55.5 Å². The Labute approximate surface area is 198 Å². The molecule has 1 aliphatic rings. The summed E-state index contributed by atoms with van der Waals surface area (Å²) in [6.07, 6.45) is -0.0972. The lowest BCUT2D eigenvalue weighted by Crippen LogP contribution is -2.42. The fraction of sp³-hybridized carbons (Fsp3) is 0.318. The number of benzene rings is 2. The molecule has 2 aromatic rings. The third-order valence-electron chi connectivity index (χ3n) is 4.60. The SMILES string of the molecule is COC[C@@H](C)N1C(=O)[C@@H](CC(=O)Nc2ccc(F)cc2)SC1=Nc1ccc(SC(F)F)cc1. The number of halogens is 3. The number of thioether (sulfide) groups is 2. The van der Waals surface area contributed by atoms with Crippen LogP contribution in [0.15, 0.2) is 58.4 Å². The second kappa shape index (κ2) is 11.6. The summed E-state index contributed by atoms with van der Waals surface area (Å²) in [6, 6.07) is 11.3. The predicted molar refractivity (Wildman–Crippen MR) is 125 cm³/mol. The maximum absolute atomic E-state index is 13.1. The zero-order valence-corrected chi connectivity index (χ0v) is 19.5. The quantitative estimate of drug-likeness (QED) is 0.486. The number of hydrogen-bond donors (Lipinski definition) is 1. The van der Waals surface area contributed by atoms with Gasteiger partial charge in [-0.1, -0.05) is 23.5 Å². The highest BCUT2D eigenvalue weighted by molar-refractivity contribution is 8.15. The number of amidine groups is 1. The Morgan fingerprint density at radius 3 is 2.48 bits per heavy atom. The Morgan fingerprint density at radius 1 is 1.21 bits per heavy atom. The van der Waals surface area contributed by atoms with Crippen molar-refractivity contribution in [2.24, 2.45) is 4.99 Å². The molecule has 0 saturated carbocycles. The molecule has 33 heavy (non-hydrogen) atoms. The summed E-state index contributed by atoms with van der Waals surface area (Å²) in [5.41, 5.74) is 0.923. The van der Waals surface area contributed by atoms with Crippen molar-refractivity contribution in [1.82, 2.24) is 4.90 Å². The van der Waals surface area contributed by atoms with Crippen LogP contribution >= 0.6 is 23.5 Å². The number of hydrogen-bond acceptors (Lipinski definition) is 6. The molecule has 0 unspecified atom stereocenters. The van der Waals surface area contributed by atoms with Gasteiger partial charge in [0.15, 0.2) is 5.17 Å². The molecule has 0 bridgehead atoms. The van der Waals surface area contributed by atoms with Crippen molar-refractivity contribution >= 4 is 51.9 Å². The summed E-state index contributed by atoms with van der Waals surface area (Å²) in [4.78, 5) is 32.0. The molecule has 0 aromatic heterocycles. The van der Waals surface area contributed by atoms with Crippen molar-refractivity contribution in [3.05, 3.63) is 54.3 Å². The van der Waals surface area contributed by atoms with Gasteiger partial charge in [-0.15, -0.1) is 0 Å². The number of rotatable bonds is 9. The molecule has 1 heterocycles. The number of carbonyl (C=O) groups is 2. The Morgan fingerprint density at radius 2 is 1.88 bits per heavy atom. The normalized spacial score (nSPS) is 18.2. The van der Waals surface area contributed by atoms with Gasteiger partial charge in [0.25, 0.3) is 5.76 Å². The van der Waals surface area contributed by atoms with E-state index in [1.165, 1.54) is 48.4 Å². The van der Waals surface area contributed by atoms with E-state index in [4.69, 9.17) is 4.74 Å². The van der Waals surface area contributed by atoms with Crippen LogP contribution in [0.2, 0.25) is 0 Å². The van der Waals surface area contributed by atoms with Crippen LogP contribution < -0.4 is 5.32 Å². The van der Waals surface area contributed by atoms with E-state index in [0.29, 0.717) is 33.2 Å². The molecule has 0 spiro atoms. The van der Waals surface area contributed by atoms with Crippen LogP contribution in [0.1, 0.15) is 13.3 Å². The summed E-state index contributed by atoms with van der Waals surface area (Å²) >= 11 is 1.59. The maximum atomic E-state index is 13.1. The first-order chi connectivity index (χ1) is 15.8. The molecule has 2 atom stereocenters. The first-order valence-electron chi connectivity index (χ1n) is 9.94. The number of amides is 2. The third-order valence-corrected chi connectivity index (χ3v) is 6.47. The van der Waals surface area contributed by atoms with E-state index < -0.39 is 16.8 Å². The number of alkyl halides is 2. The summed E-state index contributed by atoms with van der Waals surface area (Å²) in [7, 11) is 1.52. The van der Waals surface area contributed by atoms with Crippen molar-refractivity contribution in [3.8, 4) is 0 Å². The number of aliphatic imine (C=N–C) groups is 1. The van der Waals surface area contributed by atoms with E-state index in [1.807, 2.05) is 0 Å². The summed E-state index contributed by atoms with van der Waals surface area (Å²) < 4.78 is 43.3. The average Bonchev–Trinajstić information content (AvgIpc) is 3.05. The first kappa shape index (κ1) is 25.1. The average molecular weight is 498 g/mol. The van der Waals surface area contributed by atoms with E-state index in [1.54, 1.807) is 19.1 Å². The minimum absolute atomic E-state index is 0.0972. The highest BCUT2D eigenvalue weighted by atomic mass is 32.2. The van der Waals surface area contributed by atoms with Crippen molar-refractivity contribution in [3.63, 3.8) is 0 Å². The van der Waals surface area contributed by atoms with Gasteiger partial charge < -0.3 is 10.1 Å². The zero-order valence-electron chi connectivity index (χ0n) is 17.8. The fourth-order valence-corrected chi connectivity index (χ4v) is 4.88. The molecule has 0 aliphatic carbocycles. The Balaban J connectivity index is 1.76. The molecule has 1 aliphatic heterocycles. The van der Waals surface area contributed by atoms with Crippen molar-refractivity contribution in [2.75, 3.05) is 19.0 Å². The number of nitrogens with one attached hydrogen (secondary N) is 1. The monoisotopic (exact) mass is 497 g/mol. The minimum atomic E-state index is -2.52. The van der Waals surface area contributed by atoms with E-state index in [9.17, 15) is 22.8 Å². The molecule has 6 nitrogen and oxygen atoms in total. The van der Waals surface area contributed by atoms with E-state index in [2.05, 4.69) is 10.3 Å². The van der Waals surface area contributed by atoms with Gasteiger partial charge in [-0.2, -0.15) is 8.78 Å². The predicted octanol–water partition coefficient (Wildman–Crippen LogP) is 5.14. The van der Waals surface area contributed by atoms with Crippen LogP contribution in [0.4, 0.5) is 24.5 Å². The Hall–Kier alpha value is -2.50. The van der Waals surface area contributed by atoms with Crippen LogP contribution in [-0.4, -0.2) is 52.6 Å². The highest BCUT2D eigenvalue weighted by Crippen LogP contribution is 2.34. The molecule has 3 rings (SSSR count). The van der Waals surface area contributed by atoms with Crippen molar-refractivity contribution in [2.45, 2.75) is 35.3 Å². The first-order valence-corrected chi connectivity index (χ1v) is 11.7. The minimum Gasteiger partial charge on any atom is -0.383 e. The second-order valence-electron chi connectivity index (χ2n) is 7.15. The Kier molecular flexibility index (Phi) is 8.81. The van der Waals surface area contributed by atoms with Gasteiger partial charge in [0.1, 0.15) is 11.1 Å².